The smallest absolute Gasteiger partial charge is 0.411 e. The zero-order valence-corrected chi connectivity index (χ0v) is 31.6. The normalized spacial score (nSPS) is 12.8. The Hall–Kier alpha value is -6.60. The average molecular weight is 873 g/mol. The van der Waals surface area contributed by atoms with Gasteiger partial charge >= 0.3 is 24.7 Å². The zero-order chi connectivity index (χ0) is 45.7. The van der Waals surface area contributed by atoms with Crippen molar-refractivity contribution in [2.24, 2.45) is 0 Å². The van der Waals surface area contributed by atoms with Crippen LogP contribution in [0, 0.1) is 13.8 Å². The van der Waals surface area contributed by atoms with Gasteiger partial charge in [0.1, 0.15) is 11.5 Å². The molecule has 2 amide bonds. The first-order valence-electron chi connectivity index (χ1n) is 17.4. The summed E-state index contributed by atoms with van der Waals surface area (Å²) >= 11 is 0. The lowest BCUT2D eigenvalue weighted by atomic mass is 9.72. The SMILES string of the molecule is CNc1cc(C(c2ccc(O)c(NC(=O)c3cccc(C(=O)Nc4cc(C(c5ccc(O)c(N)c5)(C(F)(F)F)C(F)(F)F)ccc4C)c3)c2)(C(F)(F)F)C(F)(F)F)ccc1C. The summed E-state index contributed by atoms with van der Waals surface area (Å²) < 4.78 is 178. The highest BCUT2D eigenvalue weighted by Gasteiger charge is 2.74. The van der Waals surface area contributed by atoms with Crippen molar-refractivity contribution >= 4 is 34.6 Å². The van der Waals surface area contributed by atoms with Gasteiger partial charge in [0.15, 0.2) is 0 Å². The summed E-state index contributed by atoms with van der Waals surface area (Å²) in [7, 11) is 1.29. The van der Waals surface area contributed by atoms with Gasteiger partial charge in [-0.2, -0.15) is 52.7 Å². The van der Waals surface area contributed by atoms with Crippen LogP contribution in [0.25, 0.3) is 0 Å². The molecule has 7 N–H and O–H groups in total. The molecule has 324 valence electrons. The molecule has 0 fully saturated rings. The number of aryl methyl sites for hydroxylation is 2. The van der Waals surface area contributed by atoms with E-state index in [1.165, 1.54) is 20.9 Å². The average Bonchev–Trinajstić information content (AvgIpc) is 3.14. The number of hydrogen-bond acceptors (Lipinski definition) is 6. The first-order valence-corrected chi connectivity index (χ1v) is 17.4. The van der Waals surface area contributed by atoms with Crippen molar-refractivity contribution in [1.82, 2.24) is 0 Å². The fraction of sp³-hybridized carbons (Fsp3) is 0.220. The number of hydrogen-bond donors (Lipinski definition) is 6. The number of nitrogen functional groups attached to an aromatic ring is 1. The molecule has 20 heteroatoms. The standard InChI is InChI=1S/C41H32F12N4O4/c1-20-7-9-25(17-29(20)55-3)37(40(48,49)50,41(51,52)53)27-12-14-33(59)31(19-27)57-35(61)23-6-4-5-22(15-23)34(60)56-30-18-26(10-8-21(30)2)36(38(42,43)44,39(45,46)47)24-11-13-32(58)28(54)16-24/h4-19,55,58-59H,54H2,1-3H3,(H,56,60)(H,57,61). The van der Waals surface area contributed by atoms with Crippen LogP contribution in [0.4, 0.5) is 75.4 Å². The van der Waals surface area contributed by atoms with Crippen molar-refractivity contribution in [3.8, 4) is 11.5 Å². The quantitative estimate of drug-likeness (QED) is 0.0496. The maximum absolute atomic E-state index is 14.9. The van der Waals surface area contributed by atoms with Crippen molar-refractivity contribution < 1.29 is 72.5 Å². The minimum atomic E-state index is -6.07. The van der Waals surface area contributed by atoms with Crippen LogP contribution in [-0.4, -0.2) is 53.8 Å². The Kier molecular flexibility index (Phi) is 11.8. The monoisotopic (exact) mass is 872 g/mol. The second-order valence-electron chi connectivity index (χ2n) is 13.8. The third-order valence-electron chi connectivity index (χ3n) is 10.1. The summed E-state index contributed by atoms with van der Waals surface area (Å²) in [6.45, 7) is 2.69. The highest BCUT2D eigenvalue weighted by molar-refractivity contribution is 6.09. The molecular formula is C41H32F12N4O4. The Balaban J connectivity index is 1.51. The van der Waals surface area contributed by atoms with Gasteiger partial charge in [-0.3, -0.25) is 9.59 Å². The lowest BCUT2D eigenvalue weighted by Crippen LogP contribution is -2.54. The number of alkyl halides is 12. The summed E-state index contributed by atoms with van der Waals surface area (Å²) in [6, 6.07) is 10.7. The summed E-state index contributed by atoms with van der Waals surface area (Å²) in [5, 5.41) is 27.0. The Morgan fingerprint density at radius 2 is 0.852 bits per heavy atom. The van der Waals surface area contributed by atoms with Gasteiger partial charge in [-0.15, -0.1) is 0 Å². The van der Waals surface area contributed by atoms with Crippen molar-refractivity contribution in [2.75, 3.05) is 28.7 Å². The minimum absolute atomic E-state index is 0.0218. The molecule has 5 rings (SSSR count). The number of phenols is 2. The molecule has 5 aromatic rings. The number of nitrogens with two attached hydrogens (primary N) is 1. The van der Waals surface area contributed by atoms with Crippen LogP contribution in [0.5, 0.6) is 11.5 Å². The predicted molar refractivity (Wildman–Crippen MR) is 201 cm³/mol. The highest BCUT2D eigenvalue weighted by Crippen LogP contribution is 2.59. The van der Waals surface area contributed by atoms with Crippen LogP contribution in [-0.2, 0) is 10.8 Å². The summed E-state index contributed by atoms with van der Waals surface area (Å²) in [4.78, 5) is 26.8. The number of carbonyl (C=O) groups is 2. The van der Waals surface area contributed by atoms with Gasteiger partial charge in [-0.1, -0.05) is 42.5 Å². The second-order valence-corrected chi connectivity index (χ2v) is 13.8. The predicted octanol–water partition coefficient (Wildman–Crippen LogP) is 10.7. The number of aromatic hydroxyl groups is 2. The molecule has 0 saturated carbocycles. The van der Waals surface area contributed by atoms with Gasteiger partial charge in [-0.25, -0.2) is 0 Å². The maximum atomic E-state index is 14.9. The van der Waals surface area contributed by atoms with Crippen LogP contribution in [0.1, 0.15) is 54.1 Å². The maximum Gasteiger partial charge on any atom is 0.411 e. The number of halogens is 12. The fourth-order valence-electron chi connectivity index (χ4n) is 6.93. The molecule has 8 nitrogen and oxygen atoms in total. The Morgan fingerprint density at radius 1 is 0.492 bits per heavy atom. The van der Waals surface area contributed by atoms with Gasteiger partial charge in [-0.05, 0) is 102 Å². The number of rotatable bonds is 9. The largest absolute Gasteiger partial charge is 0.506 e. The molecule has 0 aliphatic heterocycles. The van der Waals surface area contributed by atoms with E-state index in [1.54, 1.807) is 0 Å². The van der Waals surface area contributed by atoms with Gasteiger partial charge in [0.2, 0.25) is 10.8 Å². The topological polar surface area (TPSA) is 137 Å². The highest BCUT2D eigenvalue weighted by atomic mass is 19.4. The first-order chi connectivity index (χ1) is 28.1. The molecule has 0 unspecified atom stereocenters. The molecule has 61 heavy (non-hydrogen) atoms. The van der Waals surface area contributed by atoms with E-state index in [9.17, 15) is 72.5 Å². The van der Waals surface area contributed by atoms with Crippen molar-refractivity contribution in [1.29, 1.82) is 0 Å². The van der Waals surface area contributed by atoms with Crippen molar-refractivity contribution in [3.63, 3.8) is 0 Å². The third kappa shape index (κ3) is 7.93. The molecule has 0 bridgehead atoms. The van der Waals surface area contributed by atoms with E-state index in [1.807, 2.05) is 5.32 Å². The summed E-state index contributed by atoms with van der Waals surface area (Å²) in [5.41, 5.74) is -12.3. The van der Waals surface area contributed by atoms with Gasteiger partial charge < -0.3 is 31.9 Å². The van der Waals surface area contributed by atoms with Crippen LogP contribution in [0.15, 0.2) is 97.1 Å². The second kappa shape index (κ2) is 15.8. The Labute approximate surface area is 338 Å². The number of anilines is 4. The molecule has 0 atom stereocenters. The van der Waals surface area contributed by atoms with E-state index in [4.69, 9.17) is 5.73 Å². The lowest BCUT2D eigenvalue weighted by molar-refractivity contribution is -0.290. The van der Waals surface area contributed by atoms with Gasteiger partial charge in [0.05, 0.1) is 11.4 Å². The number of carbonyl (C=O) groups excluding carboxylic acids is 2. The summed E-state index contributed by atoms with van der Waals surface area (Å²) in [6.07, 6.45) is -24.2. The Morgan fingerprint density at radius 3 is 1.28 bits per heavy atom. The van der Waals surface area contributed by atoms with Crippen molar-refractivity contribution in [2.45, 2.75) is 49.4 Å². The molecule has 0 radical (unpaired) electrons. The minimum Gasteiger partial charge on any atom is -0.506 e. The van der Waals surface area contributed by atoms with E-state index in [-0.39, 0.29) is 17.3 Å². The van der Waals surface area contributed by atoms with Crippen LogP contribution < -0.4 is 21.7 Å². The summed E-state index contributed by atoms with van der Waals surface area (Å²) in [5.74, 6) is -4.20. The molecule has 0 saturated heterocycles. The molecule has 0 aliphatic rings. The van der Waals surface area contributed by atoms with Gasteiger partial charge in [0.25, 0.3) is 11.8 Å². The number of amides is 2. The van der Waals surface area contributed by atoms with E-state index in [2.05, 4.69) is 10.6 Å². The Bertz CT molecular complexity index is 2470. The molecule has 0 aliphatic carbocycles. The third-order valence-corrected chi connectivity index (χ3v) is 10.1. The molecule has 5 aromatic carbocycles. The van der Waals surface area contributed by atoms with Gasteiger partial charge in [0, 0.05) is 29.5 Å². The van der Waals surface area contributed by atoms with E-state index in [0.29, 0.717) is 60.2 Å². The number of benzene rings is 5. The number of nitrogens with one attached hydrogen (secondary N) is 3. The molecular weight excluding hydrogens is 840 g/mol. The van der Waals surface area contributed by atoms with Crippen LogP contribution in [0.3, 0.4) is 0 Å². The van der Waals surface area contributed by atoms with E-state index in [0.717, 1.165) is 36.4 Å². The number of phenolic OH excluding ortho intramolecular Hbond substituents is 2. The molecule has 0 heterocycles. The fourth-order valence-corrected chi connectivity index (χ4v) is 6.93. The van der Waals surface area contributed by atoms with E-state index >= 15 is 0 Å². The first kappa shape index (κ1) is 45.5. The lowest BCUT2D eigenvalue weighted by Gasteiger charge is -2.38. The van der Waals surface area contributed by atoms with Crippen molar-refractivity contribution in [3.05, 3.63) is 142 Å². The molecule has 0 aromatic heterocycles. The van der Waals surface area contributed by atoms with E-state index < -0.39 is 109 Å². The zero-order valence-electron chi connectivity index (χ0n) is 31.6. The van der Waals surface area contributed by atoms with Crippen LogP contribution in [0.2, 0.25) is 0 Å². The van der Waals surface area contributed by atoms with Crippen LogP contribution >= 0.6 is 0 Å². The molecule has 0 spiro atoms.